The number of nitrogens with zero attached hydrogens (tertiary/aromatic N) is 6. The van der Waals surface area contributed by atoms with Gasteiger partial charge in [0.1, 0.15) is 12.1 Å². The number of carboxylic acids is 2. The molecule has 4 N–H and O–H groups in total. The first-order valence-electron chi connectivity index (χ1n) is 21.4. The van der Waals surface area contributed by atoms with Gasteiger partial charge in [0.15, 0.2) is 11.5 Å². The molecule has 72 heavy (non-hydrogen) atoms. The second kappa shape index (κ2) is 22.5. The molecule has 368 valence electrons. The summed E-state index contributed by atoms with van der Waals surface area (Å²) in [7, 11) is 5.96. The molecule has 0 aliphatic heterocycles. The van der Waals surface area contributed by atoms with Gasteiger partial charge in [-0.3, -0.25) is 29.1 Å². The first-order chi connectivity index (χ1) is 34.4. The van der Waals surface area contributed by atoms with Crippen LogP contribution in [0.5, 0.6) is 11.5 Å². The number of nitrogens with one attached hydrogen (secondary N) is 2. The van der Waals surface area contributed by atoms with E-state index in [-0.39, 0.29) is 55.2 Å². The average Bonchev–Trinajstić information content (AvgIpc) is 3.35. The van der Waals surface area contributed by atoms with E-state index in [1.54, 1.807) is 73.1 Å². The van der Waals surface area contributed by atoms with Crippen LogP contribution in [0.3, 0.4) is 0 Å². The Morgan fingerprint density at radius 2 is 0.931 bits per heavy atom. The highest BCUT2D eigenvalue weighted by atomic mass is 35.5. The number of aliphatic carboxylic acids is 2. The van der Waals surface area contributed by atoms with Crippen LogP contribution in [-0.4, -0.2) is 89.8 Å². The van der Waals surface area contributed by atoms with Gasteiger partial charge < -0.3 is 30.3 Å². The van der Waals surface area contributed by atoms with Crippen LogP contribution in [0.15, 0.2) is 119 Å². The molecule has 4 heterocycles. The monoisotopic (exact) mass is 1050 g/mol. The molecule has 0 saturated heterocycles. The first-order valence-corrected chi connectivity index (χ1v) is 22.9. The second-order valence-corrected chi connectivity index (χ2v) is 17.3. The maximum absolute atomic E-state index is 12.9. The average molecular weight is 1050 g/mol. The second-order valence-electron chi connectivity index (χ2n) is 15.7. The molecule has 0 aliphatic rings. The lowest BCUT2D eigenvalue weighted by Crippen LogP contribution is -2.42. The van der Waals surface area contributed by atoms with Gasteiger partial charge in [0, 0.05) is 61.2 Å². The van der Waals surface area contributed by atoms with Gasteiger partial charge in [0.05, 0.1) is 80.0 Å². The lowest BCUT2D eigenvalue weighted by Gasteiger charge is -2.18. The summed E-state index contributed by atoms with van der Waals surface area (Å²) in [5, 5.41) is 34.3. The highest BCUT2D eigenvalue weighted by Crippen LogP contribution is 2.35. The van der Waals surface area contributed by atoms with E-state index in [1.165, 1.54) is 74.3 Å². The van der Waals surface area contributed by atoms with Crippen molar-refractivity contribution in [3.63, 3.8) is 0 Å². The molecule has 2 atom stereocenters. The van der Waals surface area contributed by atoms with Crippen molar-refractivity contribution in [2.45, 2.75) is 24.9 Å². The van der Waals surface area contributed by atoms with Crippen molar-refractivity contribution in [2.75, 3.05) is 14.2 Å². The van der Waals surface area contributed by atoms with E-state index in [9.17, 15) is 39.0 Å². The number of amides is 2. The van der Waals surface area contributed by atoms with Crippen molar-refractivity contribution in [1.82, 2.24) is 40.2 Å². The van der Waals surface area contributed by atoms with Crippen LogP contribution in [0.1, 0.15) is 31.8 Å². The zero-order chi connectivity index (χ0) is 52.0. The number of ether oxygens (including phenoxy) is 2. The zero-order valence-corrected chi connectivity index (χ0v) is 41.3. The summed E-state index contributed by atoms with van der Waals surface area (Å²) in [6.07, 6.45) is 5.86. The fraction of sp³-hybridized carbons (Fsp3) is 0.160. The van der Waals surface area contributed by atoms with Crippen molar-refractivity contribution in [1.29, 1.82) is 0 Å². The third kappa shape index (κ3) is 10.9. The Hall–Kier alpha value is -7.90. The molecule has 22 heteroatoms. The van der Waals surface area contributed by atoms with Crippen molar-refractivity contribution in [2.24, 2.45) is 14.1 Å². The Balaban J connectivity index is 0.000000211. The topological polar surface area (TPSA) is 247 Å². The van der Waals surface area contributed by atoms with Gasteiger partial charge >= 0.3 is 11.9 Å². The van der Waals surface area contributed by atoms with Crippen LogP contribution in [0, 0.1) is 0 Å². The highest BCUT2D eigenvalue weighted by molar-refractivity contribution is 6.40. The summed E-state index contributed by atoms with van der Waals surface area (Å²) in [6.45, 7) is 0. The summed E-state index contributed by atoms with van der Waals surface area (Å²) < 4.78 is 13.1. The van der Waals surface area contributed by atoms with Gasteiger partial charge in [0.25, 0.3) is 22.9 Å². The van der Waals surface area contributed by atoms with E-state index in [2.05, 4.69) is 30.8 Å². The molecular formula is C50H40Cl4N8O10. The quantitative estimate of drug-likeness (QED) is 0.0825. The minimum Gasteiger partial charge on any atom is -0.494 e. The van der Waals surface area contributed by atoms with Gasteiger partial charge in [-0.15, -0.1) is 0 Å². The highest BCUT2D eigenvalue weighted by Gasteiger charge is 2.28. The van der Waals surface area contributed by atoms with Crippen molar-refractivity contribution < 1.29 is 38.9 Å². The van der Waals surface area contributed by atoms with Crippen molar-refractivity contribution in [3.05, 3.63) is 173 Å². The predicted molar refractivity (Wildman–Crippen MR) is 272 cm³/mol. The number of aromatic nitrogens is 6. The van der Waals surface area contributed by atoms with E-state index >= 15 is 0 Å². The molecule has 18 nitrogen and oxygen atoms in total. The van der Waals surface area contributed by atoms with Crippen LogP contribution in [0.25, 0.3) is 44.1 Å². The van der Waals surface area contributed by atoms with E-state index in [1.807, 2.05) is 0 Å². The molecule has 8 rings (SSSR count). The molecule has 0 fully saturated rings. The number of rotatable bonds is 14. The number of methoxy groups -OCH3 is 2. The van der Waals surface area contributed by atoms with Gasteiger partial charge in [0.2, 0.25) is 0 Å². The minimum absolute atomic E-state index is 0.00829. The number of pyridine rings is 2. The number of hydrogen-bond acceptors (Lipinski definition) is 12. The number of carbonyl (C=O) groups excluding carboxylic acids is 2. The Morgan fingerprint density at radius 1 is 0.569 bits per heavy atom. The SMILES string of the molecule is COc1cnn(C)c(=O)c1-c1ccc(C[C@H](NC(=O)c2c(Cl)cccc2Cl)C(=O)O)c2ncccc12.COc1cnn(C)c(=O)c1-c1ccc(C[C@H](NC(=O)c2c(Cl)cccc2Cl)C(=O)O)c2ncccc12. The van der Waals surface area contributed by atoms with Crippen LogP contribution in [0.4, 0.5) is 0 Å². The third-order valence-electron chi connectivity index (χ3n) is 11.3. The summed E-state index contributed by atoms with van der Waals surface area (Å²) in [4.78, 5) is 84.5. The Morgan fingerprint density at radius 3 is 1.26 bits per heavy atom. The van der Waals surface area contributed by atoms with Crippen LogP contribution in [0.2, 0.25) is 20.1 Å². The van der Waals surface area contributed by atoms with E-state index in [0.29, 0.717) is 66.7 Å². The van der Waals surface area contributed by atoms with Gasteiger partial charge in [-0.05, 0) is 47.5 Å². The van der Waals surface area contributed by atoms with Crippen LogP contribution in [-0.2, 0) is 36.5 Å². The molecule has 4 aromatic heterocycles. The summed E-state index contributed by atoms with van der Waals surface area (Å²) >= 11 is 24.4. The molecule has 0 saturated carbocycles. The number of fused-ring (bicyclic) bond motifs is 2. The molecule has 4 aromatic carbocycles. The Kier molecular flexibility index (Phi) is 16.2. The number of carboxylic acid groups (broad SMARTS) is 2. The maximum Gasteiger partial charge on any atom is 0.326 e. The largest absolute Gasteiger partial charge is 0.494 e. The molecule has 0 bridgehead atoms. The van der Waals surface area contributed by atoms with Crippen LogP contribution < -0.4 is 31.2 Å². The number of hydrogen-bond donors (Lipinski definition) is 4. The smallest absolute Gasteiger partial charge is 0.326 e. The van der Waals surface area contributed by atoms with Crippen LogP contribution >= 0.6 is 46.4 Å². The van der Waals surface area contributed by atoms with E-state index < -0.39 is 35.8 Å². The number of benzene rings is 4. The van der Waals surface area contributed by atoms with E-state index in [4.69, 9.17) is 55.9 Å². The molecule has 0 unspecified atom stereocenters. The number of carbonyl (C=O) groups is 4. The Labute approximate surface area is 428 Å². The standard InChI is InChI=1S/2C25H20Cl2N4O5/c2*1-31-24(33)20(19(36-2)12-29-31)14-9-8-13(22-15(14)5-4-10-28-22)11-18(25(34)35)30-23(32)21-16(26)6-3-7-17(21)27/h2*3-10,12,18H,11H2,1-2H3,(H,30,32)(H,34,35)/t2*18-/m00/s1. The molecule has 8 aromatic rings. The van der Waals surface area contributed by atoms with Gasteiger partial charge in [-0.1, -0.05) is 94.9 Å². The first kappa shape index (κ1) is 51.9. The van der Waals surface area contributed by atoms with Gasteiger partial charge in [-0.25, -0.2) is 19.0 Å². The third-order valence-corrected chi connectivity index (χ3v) is 12.6. The van der Waals surface area contributed by atoms with E-state index in [0.717, 1.165) is 0 Å². The van der Waals surface area contributed by atoms with Gasteiger partial charge in [-0.2, -0.15) is 10.2 Å². The lowest BCUT2D eigenvalue weighted by molar-refractivity contribution is -0.140. The number of halogens is 4. The Bertz CT molecular complexity index is 3300. The molecular weight excluding hydrogens is 1010 g/mol. The molecule has 2 amide bonds. The minimum atomic E-state index is -1.30. The molecule has 0 aliphatic carbocycles. The molecule has 0 spiro atoms. The maximum atomic E-state index is 12.9. The van der Waals surface area contributed by atoms with Crippen molar-refractivity contribution >= 4 is 92.0 Å². The lowest BCUT2D eigenvalue weighted by atomic mass is 9.95. The number of aryl methyl sites for hydroxylation is 2. The summed E-state index contributed by atoms with van der Waals surface area (Å²) in [5.74, 6) is -3.32. The summed E-state index contributed by atoms with van der Waals surface area (Å²) in [5.41, 5.74) is 3.04. The predicted octanol–water partition coefficient (Wildman–Crippen LogP) is 7.47. The normalized spacial score (nSPS) is 11.8. The fourth-order valence-electron chi connectivity index (χ4n) is 7.81. The zero-order valence-electron chi connectivity index (χ0n) is 38.3. The fourth-order valence-corrected chi connectivity index (χ4v) is 8.95. The van der Waals surface area contributed by atoms with Crippen molar-refractivity contribution in [3.8, 4) is 33.8 Å². The summed E-state index contributed by atoms with van der Waals surface area (Å²) in [6, 6.07) is 20.3. The molecule has 0 radical (unpaired) electrons.